The van der Waals surface area contributed by atoms with Crippen LogP contribution in [0.1, 0.15) is 25.7 Å². The third kappa shape index (κ3) is 3.16. The van der Waals surface area contributed by atoms with E-state index in [0.717, 1.165) is 6.42 Å². The molecule has 0 saturated heterocycles. The average Bonchev–Trinajstić information content (AvgIpc) is 2.25. The Morgan fingerprint density at radius 1 is 1.39 bits per heavy atom. The zero-order chi connectivity index (χ0) is 13.2. The lowest BCUT2D eigenvalue weighted by molar-refractivity contribution is 0.297. The predicted molar refractivity (Wildman–Crippen MR) is 73.0 cm³/mol. The van der Waals surface area contributed by atoms with Gasteiger partial charge in [-0.3, -0.25) is 0 Å². The standard InChI is InChI=1S/C12H17ClN2O2S/c13-11-8-10(4-5-12(11)14)18(16,17)15-7-6-9-2-1-3-9/h4-5,8-9,15H,1-3,6-7,14H2. The molecule has 3 N–H and O–H groups in total. The van der Waals surface area contributed by atoms with Crippen LogP contribution < -0.4 is 10.5 Å². The number of benzene rings is 1. The van der Waals surface area contributed by atoms with Gasteiger partial charge in [0.1, 0.15) is 0 Å². The first-order valence-corrected chi connectivity index (χ1v) is 7.90. The molecule has 0 bridgehead atoms. The van der Waals surface area contributed by atoms with Gasteiger partial charge in [0, 0.05) is 6.54 Å². The summed E-state index contributed by atoms with van der Waals surface area (Å²) >= 11 is 5.82. The Bertz CT molecular complexity index is 527. The molecule has 4 nitrogen and oxygen atoms in total. The molecule has 1 aromatic carbocycles. The van der Waals surface area contributed by atoms with Crippen molar-refractivity contribution in [2.24, 2.45) is 5.92 Å². The summed E-state index contributed by atoms with van der Waals surface area (Å²) in [4.78, 5) is 0.162. The zero-order valence-electron chi connectivity index (χ0n) is 10.0. The van der Waals surface area contributed by atoms with Gasteiger partial charge < -0.3 is 5.73 Å². The van der Waals surface area contributed by atoms with E-state index in [1.165, 1.54) is 37.5 Å². The number of nitrogens with two attached hydrogens (primary N) is 1. The van der Waals surface area contributed by atoms with E-state index in [1.807, 2.05) is 0 Å². The molecular weight excluding hydrogens is 272 g/mol. The lowest BCUT2D eigenvalue weighted by atomic mass is 9.83. The summed E-state index contributed by atoms with van der Waals surface area (Å²) in [5.74, 6) is 0.683. The highest BCUT2D eigenvalue weighted by Crippen LogP contribution is 2.29. The van der Waals surface area contributed by atoms with Crippen molar-refractivity contribution in [2.45, 2.75) is 30.6 Å². The number of nitrogen functional groups attached to an aromatic ring is 1. The van der Waals surface area contributed by atoms with Crippen LogP contribution in [-0.4, -0.2) is 15.0 Å². The molecule has 1 aromatic rings. The van der Waals surface area contributed by atoms with Crippen LogP contribution in [0.4, 0.5) is 5.69 Å². The highest BCUT2D eigenvalue weighted by atomic mass is 35.5. The topological polar surface area (TPSA) is 72.2 Å². The number of sulfonamides is 1. The summed E-state index contributed by atoms with van der Waals surface area (Å²) in [5.41, 5.74) is 5.93. The van der Waals surface area contributed by atoms with Crippen LogP contribution in [0.25, 0.3) is 0 Å². The summed E-state index contributed by atoms with van der Waals surface area (Å²) in [5, 5.41) is 0.261. The van der Waals surface area contributed by atoms with Crippen LogP contribution in [-0.2, 0) is 10.0 Å². The molecule has 1 saturated carbocycles. The molecule has 0 spiro atoms. The maximum atomic E-state index is 12.0. The molecule has 0 amide bonds. The molecule has 1 aliphatic carbocycles. The summed E-state index contributed by atoms with van der Waals surface area (Å²) in [6, 6.07) is 4.35. The minimum Gasteiger partial charge on any atom is -0.398 e. The van der Waals surface area contributed by atoms with Crippen LogP contribution in [0.5, 0.6) is 0 Å². The molecule has 18 heavy (non-hydrogen) atoms. The Morgan fingerprint density at radius 2 is 2.11 bits per heavy atom. The predicted octanol–water partition coefficient (Wildman–Crippen LogP) is 2.39. The third-order valence-electron chi connectivity index (χ3n) is 3.35. The van der Waals surface area contributed by atoms with E-state index in [4.69, 9.17) is 17.3 Å². The Hall–Kier alpha value is -0.780. The van der Waals surface area contributed by atoms with Crippen LogP contribution in [0.15, 0.2) is 23.1 Å². The van der Waals surface area contributed by atoms with Crippen molar-refractivity contribution in [2.75, 3.05) is 12.3 Å². The van der Waals surface area contributed by atoms with Gasteiger partial charge in [-0.15, -0.1) is 0 Å². The second-order valence-corrected chi connectivity index (χ2v) is 6.84. The van der Waals surface area contributed by atoms with Gasteiger partial charge in [0.25, 0.3) is 0 Å². The Morgan fingerprint density at radius 3 is 2.67 bits per heavy atom. The summed E-state index contributed by atoms with van der Waals surface area (Å²) in [6.45, 7) is 0.481. The highest BCUT2D eigenvalue weighted by molar-refractivity contribution is 7.89. The van der Waals surface area contributed by atoms with Crippen molar-refractivity contribution >= 4 is 27.3 Å². The summed E-state index contributed by atoms with van der Waals surface area (Å²) in [7, 11) is -3.47. The number of nitrogens with one attached hydrogen (secondary N) is 1. The number of hydrogen-bond acceptors (Lipinski definition) is 3. The molecule has 0 aliphatic heterocycles. The van der Waals surface area contributed by atoms with Crippen LogP contribution in [0.3, 0.4) is 0 Å². The SMILES string of the molecule is Nc1ccc(S(=O)(=O)NCCC2CCC2)cc1Cl. The fraction of sp³-hybridized carbons (Fsp3) is 0.500. The van der Waals surface area contributed by atoms with Crippen LogP contribution >= 0.6 is 11.6 Å². The first-order chi connectivity index (χ1) is 8.49. The first-order valence-electron chi connectivity index (χ1n) is 6.04. The van der Waals surface area contributed by atoms with E-state index in [2.05, 4.69) is 4.72 Å². The summed E-state index contributed by atoms with van der Waals surface area (Å²) in [6.07, 6.45) is 4.61. The van der Waals surface area contributed by atoms with Gasteiger partial charge >= 0.3 is 0 Å². The van der Waals surface area contributed by atoms with Crippen molar-refractivity contribution in [3.63, 3.8) is 0 Å². The average molecular weight is 289 g/mol. The largest absolute Gasteiger partial charge is 0.398 e. The highest BCUT2D eigenvalue weighted by Gasteiger charge is 2.19. The van der Waals surface area contributed by atoms with Gasteiger partial charge in [-0.1, -0.05) is 30.9 Å². The van der Waals surface area contributed by atoms with E-state index in [9.17, 15) is 8.42 Å². The molecule has 0 atom stereocenters. The smallest absolute Gasteiger partial charge is 0.240 e. The number of anilines is 1. The van der Waals surface area contributed by atoms with Crippen molar-refractivity contribution in [1.29, 1.82) is 0 Å². The van der Waals surface area contributed by atoms with Gasteiger partial charge in [0.2, 0.25) is 10.0 Å². The first kappa shape index (κ1) is 13.6. The van der Waals surface area contributed by atoms with Gasteiger partial charge in [0.05, 0.1) is 15.6 Å². The molecule has 0 aromatic heterocycles. The van der Waals surface area contributed by atoms with Crippen LogP contribution in [0.2, 0.25) is 5.02 Å². The van der Waals surface area contributed by atoms with Crippen molar-refractivity contribution in [3.05, 3.63) is 23.2 Å². The maximum Gasteiger partial charge on any atom is 0.240 e. The second-order valence-electron chi connectivity index (χ2n) is 4.67. The van der Waals surface area contributed by atoms with Gasteiger partial charge in [0.15, 0.2) is 0 Å². The molecule has 0 radical (unpaired) electrons. The molecular formula is C12H17ClN2O2S. The normalized spacial score (nSPS) is 16.5. The Balaban J connectivity index is 1.98. The quantitative estimate of drug-likeness (QED) is 0.817. The van der Waals surface area contributed by atoms with Crippen molar-refractivity contribution < 1.29 is 8.42 Å². The molecule has 6 heteroatoms. The van der Waals surface area contributed by atoms with Gasteiger partial charge in [-0.25, -0.2) is 13.1 Å². The minimum atomic E-state index is -3.47. The number of hydrogen-bond donors (Lipinski definition) is 2. The molecule has 0 heterocycles. The van der Waals surface area contributed by atoms with Gasteiger partial charge in [-0.2, -0.15) is 0 Å². The van der Waals surface area contributed by atoms with Gasteiger partial charge in [-0.05, 0) is 30.5 Å². The van der Waals surface area contributed by atoms with E-state index < -0.39 is 10.0 Å². The molecule has 1 fully saturated rings. The zero-order valence-corrected chi connectivity index (χ0v) is 11.6. The Kier molecular flexibility index (Phi) is 4.14. The third-order valence-corrected chi connectivity index (χ3v) is 5.14. The van der Waals surface area contributed by atoms with E-state index in [0.29, 0.717) is 18.2 Å². The lowest BCUT2D eigenvalue weighted by Gasteiger charge is -2.25. The van der Waals surface area contributed by atoms with E-state index >= 15 is 0 Å². The van der Waals surface area contributed by atoms with E-state index in [1.54, 1.807) is 0 Å². The molecule has 100 valence electrons. The molecule has 2 rings (SSSR count). The fourth-order valence-electron chi connectivity index (χ4n) is 1.94. The molecule has 0 unspecified atom stereocenters. The van der Waals surface area contributed by atoms with E-state index in [-0.39, 0.29) is 9.92 Å². The summed E-state index contributed by atoms with van der Waals surface area (Å²) < 4.78 is 26.5. The number of rotatable bonds is 5. The van der Waals surface area contributed by atoms with Crippen LogP contribution in [0, 0.1) is 5.92 Å². The fourth-order valence-corrected chi connectivity index (χ4v) is 3.26. The second kappa shape index (κ2) is 5.47. The monoisotopic (exact) mass is 288 g/mol. The van der Waals surface area contributed by atoms with Crippen molar-refractivity contribution in [1.82, 2.24) is 4.72 Å². The van der Waals surface area contributed by atoms with Crippen molar-refractivity contribution in [3.8, 4) is 0 Å². The number of halogens is 1. The minimum absolute atomic E-state index is 0.162. The lowest BCUT2D eigenvalue weighted by Crippen LogP contribution is -2.27. The Labute approximate surface area is 113 Å². The molecule has 1 aliphatic rings. The maximum absolute atomic E-state index is 12.0.